The van der Waals surface area contributed by atoms with Gasteiger partial charge in [-0.05, 0) is 86.5 Å². The second-order valence-electron chi connectivity index (χ2n) is 11.3. The predicted molar refractivity (Wildman–Crippen MR) is 132 cm³/mol. The van der Waals surface area contributed by atoms with E-state index in [0.29, 0.717) is 6.04 Å². The molecule has 4 rings (SSSR count). The fraction of sp³-hybridized carbons (Fsp3) is 0.759. The van der Waals surface area contributed by atoms with E-state index >= 15 is 0 Å². The van der Waals surface area contributed by atoms with Crippen molar-refractivity contribution in [3.8, 4) is 0 Å². The van der Waals surface area contributed by atoms with Crippen LogP contribution >= 0.6 is 0 Å². The van der Waals surface area contributed by atoms with Gasteiger partial charge < -0.3 is 5.11 Å². The molecule has 0 amide bonds. The van der Waals surface area contributed by atoms with Crippen molar-refractivity contribution in [2.24, 2.45) is 17.8 Å². The largest absolute Gasteiger partial charge is 0.481 e. The van der Waals surface area contributed by atoms with Crippen LogP contribution in [0.15, 0.2) is 18.2 Å². The molecule has 1 aromatic rings. The van der Waals surface area contributed by atoms with Gasteiger partial charge in [-0.15, -0.1) is 0 Å². The van der Waals surface area contributed by atoms with Gasteiger partial charge >= 0.3 is 5.97 Å². The number of hydrogen-bond acceptors (Lipinski definition) is 2. The van der Waals surface area contributed by atoms with Crippen LogP contribution in [0.5, 0.6) is 0 Å². The first-order valence-electron chi connectivity index (χ1n) is 13.7. The Hall–Kier alpha value is -1.42. The van der Waals surface area contributed by atoms with E-state index in [4.69, 9.17) is 0 Å². The maximum absolute atomic E-state index is 14.0. The minimum atomic E-state index is -0.698. The maximum atomic E-state index is 14.0. The molecule has 0 bridgehead atoms. The Balaban J connectivity index is 1.64. The molecule has 0 radical (unpaired) electrons. The molecule has 33 heavy (non-hydrogen) atoms. The molecule has 3 nitrogen and oxygen atoms in total. The van der Waals surface area contributed by atoms with Crippen LogP contribution in [-0.2, 0) is 4.79 Å². The van der Waals surface area contributed by atoms with Crippen molar-refractivity contribution in [2.45, 2.75) is 109 Å². The third kappa shape index (κ3) is 6.59. The summed E-state index contributed by atoms with van der Waals surface area (Å²) < 4.78 is 14.0. The van der Waals surface area contributed by atoms with Crippen molar-refractivity contribution in [2.75, 3.05) is 13.1 Å². The molecule has 3 unspecified atom stereocenters. The van der Waals surface area contributed by atoms with Gasteiger partial charge in [0.05, 0.1) is 0 Å². The van der Waals surface area contributed by atoms with Crippen LogP contribution < -0.4 is 0 Å². The zero-order valence-corrected chi connectivity index (χ0v) is 20.6. The summed E-state index contributed by atoms with van der Waals surface area (Å²) in [4.78, 5) is 14.6. The average Bonchev–Trinajstić information content (AvgIpc) is 2.80. The second kappa shape index (κ2) is 11.8. The fourth-order valence-electron chi connectivity index (χ4n) is 7.35. The monoisotopic (exact) mass is 457 g/mol. The van der Waals surface area contributed by atoms with E-state index in [1.165, 1.54) is 69.8 Å². The molecule has 3 atom stereocenters. The highest BCUT2D eigenvalue weighted by atomic mass is 19.1. The summed E-state index contributed by atoms with van der Waals surface area (Å²) in [5, 5.41) is 9.72. The van der Waals surface area contributed by atoms with Crippen LogP contribution in [0.1, 0.15) is 107 Å². The zero-order valence-electron chi connectivity index (χ0n) is 20.6. The lowest BCUT2D eigenvalue weighted by atomic mass is 9.69. The topological polar surface area (TPSA) is 40.5 Å². The molecule has 3 aliphatic carbocycles. The number of halogens is 1. The lowest BCUT2D eigenvalue weighted by Gasteiger charge is -2.47. The molecule has 0 heterocycles. The van der Waals surface area contributed by atoms with Gasteiger partial charge in [-0.1, -0.05) is 51.0 Å². The number of aliphatic carboxylic acids is 1. The number of rotatable bonds is 8. The number of hydrogen-bond donors (Lipinski definition) is 1. The quantitative estimate of drug-likeness (QED) is 0.444. The van der Waals surface area contributed by atoms with Crippen molar-refractivity contribution in [1.29, 1.82) is 0 Å². The number of carboxylic acid groups (broad SMARTS) is 1. The van der Waals surface area contributed by atoms with Gasteiger partial charge in [0.15, 0.2) is 0 Å². The molecule has 0 aromatic heterocycles. The van der Waals surface area contributed by atoms with Crippen molar-refractivity contribution in [3.63, 3.8) is 0 Å². The predicted octanol–water partition coefficient (Wildman–Crippen LogP) is 7.32. The van der Waals surface area contributed by atoms with Crippen LogP contribution in [0, 0.1) is 30.5 Å². The van der Waals surface area contributed by atoms with Gasteiger partial charge in [0.2, 0.25) is 0 Å². The average molecular weight is 458 g/mol. The molecule has 1 aromatic carbocycles. The van der Waals surface area contributed by atoms with Crippen LogP contribution in [0.3, 0.4) is 0 Å². The Labute approximate surface area is 200 Å². The lowest BCUT2D eigenvalue weighted by Crippen LogP contribution is -2.49. The Morgan fingerprint density at radius 2 is 1.52 bits per heavy atom. The Kier molecular flexibility index (Phi) is 8.85. The first kappa shape index (κ1) is 24.7. The minimum absolute atomic E-state index is 0.130. The molecule has 0 spiro atoms. The first-order valence-corrected chi connectivity index (χ1v) is 13.7. The summed E-state index contributed by atoms with van der Waals surface area (Å²) in [6, 6.07) is 5.56. The zero-order chi connectivity index (χ0) is 23.2. The summed E-state index contributed by atoms with van der Waals surface area (Å²) in [6.45, 7) is 4.34. The van der Waals surface area contributed by atoms with Gasteiger partial charge in [0.1, 0.15) is 5.82 Å². The molecule has 3 fully saturated rings. The molecule has 184 valence electrons. The highest BCUT2D eigenvalue weighted by Gasteiger charge is 2.40. The molecule has 1 N–H and O–H groups in total. The molecular formula is C29H44FNO2. The van der Waals surface area contributed by atoms with Gasteiger partial charge in [0, 0.05) is 31.5 Å². The normalized spacial score (nSPS) is 27.7. The van der Waals surface area contributed by atoms with Crippen LogP contribution in [0.2, 0.25) is 0 Å². The Bertz CT molecular complexity index is 749. The number of aryl methyl sites for hydroxylation is 1. The van der Waals surface area contributed by atoms with Gasteiger partial charge in [0.25, 0.3) is 0 Å². The van der Waals surface area contributed by atoms with Crippen molar-refractivity contribution < 1.29 is 14.3 Å². The molecule has 3 saturated carbocycles. The van der Waals surface area contributed by atoms with Crippen LogP contribution in [-0.4, -0.2) is 35.1 Å². The van der Waals surface area contributed by atoms with Crippen LogP contribution in [0.25, 0.3) is 0 Å². The molecule has 3 aliphatic rings. The molecular weight excluding hydrogens is 413 g/mol. The van der Waals surface area contributed by atoms with E-state index < -0.39 is 5.97 Å². The van der Waals surface area contributed by atoms with Crippen LogP contribution in [0.4, 0.5) is 4.39 Å². The summed E-state index contributed by atoms with van der Waals surface area (Å²) in [6.07, 6.45) is 17.0. The van der Waals surface area contributed by atoms with Gasteiger partial charge in [-0.2, -0.15) is 0 Å². The standard InChI is InChI=1S/C29H44FNO2/c1-21-17-25(30)15-16-26(21)29-24(18-28(32)33)13-8-14-27(29)31(19-22-9-4-2-5-10-22)20-23-11-6-3-7-12-23/h15-17,22-24,27,29H,2-14,18-20H2,1H3,(H,32,33). The molecule has 0 aliphatic heterocycles. The summed E-state index contributed by atoms with van der Waals surface area (Å²) in [5.74, 6) is 0.971. The van der Waals surface area contributed by atoms with Crippen molar-refractivity contribution in [1.82, 2.24) is 4.90 Å². The van der Waals surface area contributed by atoms with E-state index in [1.807, 2.05) is 13.0 Å². The maximum Gasteiger partial charge on any atom is 0.303 e. The fourth-order valence-corrected chi connectivity index (χ4v) is 7.35. The third-order valence-electron chi connectivity index (χ3n) is 8.93. The van der Waals surface area contributed by atoms with E-state index in [9.17, 15) is 14.3 Å². The van der Waals surface area contributed by atoms with E-state index in [-0.39, 0.29) is 24.1 Å². The van der Waals surface area contributed by atoms with E-state index in [1.54, 1.807) is 12.1 Å². The Morgan fingerprint density at radius 3 is 2.06 bits per heavy atom. The smallest absolute Gasteiger partial charge is 0.303 e. The highest BCUT2D eigenvalue weighted by molar-refractivity contribution is 5.67. The summed E-state index contributed by atoms with van der Waals surface area (Å²) in [5.41, 5.74) is 2.17. The Morgan fingerprint density at radius 1 is 0.909 bits per heavy atom. The number of carbonyl (C=O) groups is 1. The summed E-state index contributed by atoms with van der Waals surface area (Å²) in [7, 11) is 0. The van der Waals surface area contributed by atoms with E-state index in [0.717, 1.165) is 49.8 Å². The minimum Gasteiger partial charge on any atom is -0.481 e. The second-order valence-corrected chi connectivity index (χ2v) is 11.3. The molecule has 4 heteroatoms. The molecule has 0 saturated heterocycles. The first-order chi connectivity index (χ1) is 16.0. The lowest BCUT2D eigenvalue weighted by molar-refractivity contribution is -0.138. The SMILES string of the molecule is Cc1cc(F)ccc1C1C(CC(=O)O)CCCC1N(CC1CCCCC1)CC1CCCCC1. The van der Waals surface area contributed by atoms with Gasteiger partial charge in [-0.25, -0.2) is 4.39 Å². The number of carboxylic acids is 1. The van der Waals surface area contributed by atoms with Crippen molar-refractivity contribution >= 4 is 5.97 Å². The number of nitrogens with zero attached hydrogens (tertiary/aromatic N) is 1. The van der Waals surface area contributed by atoms with E-state index in [2.05, 4.69) is 4.90 Å². The van der Waals surface area contributed by atoms with Gasteiger partial charge in [-0.3, -0.25) is 9.69 Å². The summed E-state index contributed by atoms with van der Waals surface area (Å²) >= 11 is 0. The number of benzene rings is 1. The third-order valence-corrected chi connectivity index (χ3v) is 8.93. The van der Waals surface area contributed by atoms with Crippen molar-refractivity contribution in [3.05, 3.63) is 35.1 Å². The highest BCUT2D eigenvalue weighted by Crippen LogP contribution is 2.44.